The highest BCUT2D eigenvalue weighted by molar-refractivity contribution is 5.79. The molecule has 0 saturated carbocycles. The van der Waals surface area contributed by atoms with Crippen molar-refractivity contribution in [3.63, 3.8) is 0 Å². The van der Waals surface area contributed by atoms with Crippen molar-refractivity contribution in [3.8, 4) is 0 Å². The Labute approximate surface area is 125 Å². The van der Waals surface area contributed by atoms with Crippen molar-refractivity contribution in [1.29, 1.82) is 0 Å². The molecule has 4 heteroatoms. The van der Waals surface area contributed by atoms with Gasteiger partial charge >= 0.3 is 0 Å². The monoisotopic (exact) mass is 290 g/mol. The minimum absolute atomic E-state index is 0.135. The van der Waals surface area contributed by atoms with Crippen LogP contribution in [0, 0.1) is 23.6 Å². The van der Waals surface area contributed by atoms with Gasteiger partial charge in [0.2, 0.25) is 5.91 Å². The number of benzene rings is 1. The summed E-state index contributed by atoms with van der Waals surface area (Å²) in [6.45, 7) is 5.72. The van der Waals surface area contributed by atoms with Crippen LogP contribution in [0.25, 0.3) is 0 Å². The van der Waals surface area contributed by atoms with E-state index in [2.05, 4.69) is 12.2 Å². The summed E-state index contributed by atoms with van der Waals surface area (Å²) >= 11 is 0. The van der Waals surface area contributed by atoms with Gasteiger partial charge in [-0.3, -0.25) is 4.79 Å². The fourth-order valence-electron chi connectivity index (χ4n) is 3.31. The summed E-state index contributed by atoms with van der Waals surface area (Å²) < 4.78 is 12.9. The molecule has 114 valence electrons. The van der Waals surface area contributed by atoms with Crippen LogP contribution in [0.2, 0.25) is 0 Å². The number of halogens is 1. The van der Waals surface area contributed by atoms with Gasteiger partial charge in [-0.25, -0.2) is 4.39 Å². The summed E-state index contributed by atoms with van der Waals surface area (Å²) in [6, 6.07) is 6.72. The predicted molar refractivity (Wildman–Crippen MR) is 80.3 cm³/mol. The second-order valence-electron chi connectivity index (χ2n) is 6.48. The lowest BCUT2D eigenvalue weighted by atomic mass is 9.88. The van der Waals surface area contributed by atoms with Gasteiger partial charge in [-0.2, -0.15) is 0 Å². The Hall–Kier alpha value is -1.42. The van der Waals surface area contributed by atoms with E-state index in [0.29, 0.717) is 17.7 Å². The van der Waals surface area contributed by atoms with Crippen LogP contribution in [-0.2, 0) is 11.2 Å². The number of carbonyl (C=O) groups is 1. The van der Waals surface area contributed by atoms with Crippen molar-refractivity contribution >= 4 is 5.91 Å². The molecule has 1 aromatic carbocycles. The average Bonchev–Trinajstić information content (AvgIpc) is 2.87. The first-order valence-corrected chi connectivity index (χ1v) is 7.87. The van der Waals surface area contributed by atoms with E-state index >= 15 is 0 Å². The zero-order chi connectivity index (χ0) is 14.8. The first-order valence-electron chi connectivity index (χ1n) is 7.87. The largest absolute Gasteiger partial charge is 0.342 e. The minimum Gasteiger partial charge on any atom is -0.342 e. The van der Waals surface area contributed by atoms with Crippen LogP contribution >= 0.6 is 0 Å². The predicted octanol–water partition coefficient (Wildman–Crippen LogP) is 2.07. The molecule has 1 amide bonds. The van der Waals surface area contributed by atoms with Gasteiger partial charge in [-0.15, -0.1) is 0 Å². The molecule has 3 nitrogen and oxygen atoms in total. The van der Waals surface area contributed by atoms with Crippen LogP contribution in [0.1, 0.15) is 18.9 Å². The number of carbonyl (C=O) groups excluding carboxylic acids is 1. The van der Waals surface area contributed by atoms with Gasteiger partial charge in [-0.05, 0) is 55.5 Å². The number of likely N-dealkylation sites (tertiary alicyclic amines) is 1. The number of nitrogens with one attached hydrogen (secondary N) is 1. The molecule has 2 unspecified atom stereocenters. The maximum absolute atomic E-state index is 12.9. The lowest BCUT2D eigenvalue weighted by Gasteiger charge is -2.34. The number of rotatable bonds is 4. The van der Waals surface area contributed by atoms with E-state index in [0.717, 1.165) is 44.6 Å². The van der Waals surface area contributed by atoms with E-state index in [1.165, 1.54) is 12.1 Å². The van der Waals surface area contributed by atoms with E-state index in [1.807, 2.05) is 17.0 Å². The van der Waals surface area contributed by atoms with Crippen LogP contribution in [0.5, 0.6) is 0 Å². The third-order valence-corrected chi connectivity index (χ3v) is 4.94. The second kappa shape index (κ2) is 6.14. The Kier molecular flexibility index (Phi) is 4.24. The van der Waals surface area contributed by atoms with Crippen LogP contribution in [0.4, 0.5) is 4.39 Å². The molecule has 0 radical (unpaired) electrons. The minimum atomic E-state index is -0.190. The maximum atomic E-state index is 12.9. The topological polar surface area (TPSA) is 32.3 Å². The molecule has 21 heavy (non-hydrogen) atoms. The summed E-state index contributed by atoms with van der Waals surface area (Å²) in [6.07, 6.45) is 1.99. The van der Waals surface area contributed by atoms with Crippen molar-refractivity contribution in [3.05, 3.63) is 35.6 Å². The van der Waals surface area contributed by atoms with Gasteiger partial charge < -0.3 is 10.2 Å². The summed E-state index contributed by atoms with van der Waals surface area (Å²) in [5.74, 6) is 1.27. The SMILES string of the molecule is CC(C(=O)N1CCC(Cc2ccc(F)cc2)C1)C1CNC1. The standard InChI is InChI=1S/C17H23FN2O/c1-12(15-9-19-10-15)17(21)20-7-6-14(11-20)8-13-2-4-16(18)5-3-13/h2-5,12,14-15,19H,6-11H2,1H3. The highest BCUT2D eigenvalue weighted by Crippen LogP contribution is 2.25. The van der Waals surface area contributed by atoms with Crippen LogP contribution in [-0.4, -0.2) is 37.0 Å². The first kappa shape index (κ1) is 14.5. The zero-order valence-electron chi connectivity index (χ0n) is 12.5. The highest BCUT2D eigenvalue weighted by Gasteiger charge is 2.34. The molecule has 2 atom stereocenters. The zero-order valence-corrected chi connectivity index (χ0v) is 12.5. The molecule has 0 aromatic heterocycles. The molecular formula is C17H23FN2O. The maximum Gasteiger partial charge on any atom is 0.225 e. The van der Waals surface area contributed by atoms with Crippen molar-refractivity contribution in [2.45, 2.75) is 19.8 Å². The van der Waals surface area contributed by atoms with E-state index in [-0.39, 0.29) is 11.7 Å². The Morgan fingerprint density at radius 2 is 2.10 bits per heavy atom. The second-order valence-corrected chi connectivity index (χ2v) is 6.48. The molecule has 0 aliphatic carbocycles. The van der Waals surface area contributed by atoms with Crippen LogP contribution < -0.4 is 5.32 Å². The van der Waals surface area contributed by atoms with Gasteiger partial charge in [-0.1, -0.05) is 19.1 Å². The molecule has 3 rings (SSSR count). The molecule has 0 bridgehead atoms. The summed E-state index contributed by atoms with van der Waals surface area (Å²) in [7, 11) is 0. The molecule has 2 aliphatic heterocycles. The first-order chi connectivity index (χ1) is 10.1. The Balaban J connectivity index is 1.52. The third-order valence-electron chi connectivity index (χ3n) is 4.94. The number of amides is 1. The highest BCUT2D eigenvalue weighted by atomic mass is 19.1. The van der Waals surface area contributed by atoms with Gasteiger partial charge in [0, 0.05) is 19.0 Å². The van der Waals surface area contributed by atoms with E-state index in [1.54, 1.807) is 0 Å². The lowest BCUT2D eigenvalue weighted by molar-refractivity contribution is -0.136. The van der Waals surface area contributed by atoms with E-state index in [4.69, 9.17) is 0 Å². The van der Waals surface area contributed by atoms with Crippen molar-refractivity contribution < 1.29 is 9.18 Å². The molecule has 2 saturated heterocycles. The third kappa shape index (κ3) is 3.26. The van der Waals surface area contributed by atoms with Crippen LogP contribution in [0.3, 0.4) is 0 Å². The van der Waals surface area contributed by atoms with Gasteiger partial charge in [0.05, 0.1) is 0 Å². The molecule has 1 N–H and O–H groups in total. The Morgan fingerprint density at radius 1 is 1.38 bits per heavy atom. The van der Waals surface area contributed by atoms with E-state index in [9.17, 15) is 9.18 Å². The molecular weight excluding hydrogens is 267 g/mol. The molecule has 0 spiro atoms. The van der Waals surface area contributed by atoms with Crippen LogP contribution in [0.15, 0.2) is 24.3 Å². The number of hydrogen-bond acceptors (Lipinski definition) is 2. The molecule has 2 aliphatic rings. The van der Waals surface area contributed by atoms with Crippen molar-refractivity contribution in [2.24, 2.45) is 17.8 Å². The summed E-state index contributed by atoms with van der Waals surface area (Å²) in [5.41, 5.74) is 1.16. The van der Waals surface area contributed by atoms with Crippen molar-refractivity contribution in [1.82, 2.24) is 10.2 Å². The summed E-state index contributed by atoms with van der Waals surface area (Å²) in [5, 5.41) is 3.23. The van der Waals surface area contributed by atoms with Gasteiger partial charge in [0.25, 0.3) is 0 Å². The molecule has 2 heterocycles. The van der Waals surface area contributed by atoms with Crippen molar-refractivity contribution in [2.75, 3.05) is 26.2 Å². The van der Waals surface area contributed by atoms with Gasteiger partial charge in [0.1, 0.15) is 5.82 Å². The Morgan fingerprint density at radius 3 is 2.71 bits per heavy atom. The lowest BCUT2D eigenvalue weighted by Crippen LogP contribution is -2.50. The Bertz CT molecular complexity index is 498. The fraction of sp³-hybridized carbons (Fsp3) is 0.588. The van der Waals surface area contributed by atoms with E-state index < -0.39 is 0 Å². The molecule has 1 aromatic rings. The van der Waals surface area contributed by atoms with Gasteiger partial charge in [0.15, 0.2) is 0 Å². The summed E-state index contributed by atoms with van der Waals surface area (Å²) in [4.78, 5) is 14.5. The number of nitrogens with zero attached hydrogens (tertiary/aromatic N) is 1. The number of hydrogen-bond donors (Lipinski definition) is 1. The molecule has 2 fully saturated rings. The smallest absolute Gasteiger partial charge is 0.225 e. The average molecular weight is 290 g/mol. The fourth-order valence-corrected chi connectivity index (χ4v) is 3.31. The quantitative estimate of drug-likeness (QED) is 0.921. The normalized spacial score (nSPS) is 23.9.